The first-order valence-electron chi connectivity index (χ1n) is 4.30. The predicted octanol–water partition coefficient (Wildman–Crippen LogP) is 0.669. The van der Waals surface area contributed by atoms with Gasteiger partial charge in [0.1, 0.15) is 11.6 Å². The van der Waals surface area contributed by atoms with Gasteiger partial charge >= 0.3 is 0 Å². The first kappa shape index (κ1) is 9.19. The highest BCUT2D eigenvalue weighted by molar-refractivity contribution is 4.99. The van der Waals surface area contributed by atoms with Gasteiger partial charge in [-0.3, -0.25) is 0 Å². The fourth-order valence-electron chi connectivity index (χ4n) is 1.26. The summed E-state index contributed by atoms with van der Waals surface area (Å²) in [4.78, 5) is 0. The molecular formula is C8H16N4. The molecule has 1 rings (SSSR count). The Morgan fingerprint density at radius 1 is 1.50 bits per heavy atom. The molecule has 68 valence electrons. The van der Waals surface area contributed by atoms with Crippen LogP contribution in [0.5, 0.6) is 0 Å². The minimum Gasteiger partial charge on any atom is -0.330 e. The van der Waals surface area contributed by atoms with Crippen molar-refractivity contribution in [2.24, 2.45) is 5.73 Å². The molecule has 0 aliphatic rings. The summed E-state index contributed by atoms with van der Waals surface area (Å²) in [5.74, 6) is 2.26. The van der Waals surface area contributed by atoms with Crippen LogP contribution in [0.1, 0.15) is 31.4 Å². The average Bonchev–Trinajstić information content (AvgIpc) is 2.45. The van der Waals surface area contributed by atoms with Crippen molar-refractivity contribution in [1.82, 2.24) is 14.8 Å². The van der Waals surface area contributed by atoms with Gasteiger partial charge in [0.15, 0.2) is 0 Å². The lowest BCUT2D eigenvalue weighted by Crippen LogP contribution is -2.14. The van der Waals surface area contributed by atoms with Gasteiger partial charge in [0.05, 0.1) is 0 Å². The van der Waals surface area contributed by atoms with Crippen molar-refractivity contribution in [2.45, 2.75) is 33.2 Å². The summed E-state index contributed by atoms with van der Waals surface area (Å²) < 4.78 is 2.09. The minimum absolute atomic E-state index is 0.297. The first-order valence-corrected chi connectivity index (χ1v) is 4.30. The molecule has 1 aromatic heterocycles. The summed E-state index contributed by atoms with van der Waals surface area (Å²) in [5, 5.41) is 8.10. The summed E-state index contributed by atoms with van der Waals surface area (Å²) in [6.07, 6.45) is 0. The van der Waals surface area contributed by atoms with Crippen molar-refractivity contribution in [2.75, 3.05) is 6.54 Å². The van der Waals surface area contributed by atoms with E-state index in [-0.39, 0.29) is 0 Å². The second-order valence-electron chi connectivity index (χ2n) is 2.99. The highest BCUT2D eigenvalue weighted by atomic mass is 15.3. The molecule has 0 bridgehead atoms. The van der Waals surface area contributed by atoms with E-state index in [0.29, 0.717) is 12.5 Å². The number of nitrogens with two attached hydrogens (primary N) is 1. The molecule has 1 atom stereocenters. The Morgan fingerprint density at radius 3 is 2.67 bits per heavy atom. The van der Waals surface area contributed by atoms with Gasteiger partial charge in [0.2, 0.25) is 0 Å². The molecule has 4 nitrogen and oxygen atoms in total. The fraction of sp³-hybridized carbons (Fsp3) is 0.750. The second kappa shape index (κ2) is 3.67. The Kier molecular flexibility index (Phi) is 2.81. The van der Waals surface area contributed by atoms with Crippen molar-refractivity contribution in [3.8, 4) is 0 Å². The summed E-state index contributed by atoms with van der Waals surface area (Å²) in [6, 6.07) is 0. The molecule has 1 heterocycles. The lowest BCUT2D eigenvalue weighted by molar-refractivity contribution is 0.617. The Morgan fingerprint density at radius 2 is 2.17 bits per heavy atom. The average molecular weight is 168 g/mol. The van der Waals surface area contributed by atoms with E-state index in [1.807, 2.05) is 6.92 Å². The molecule has 1 aromatic rings. The summed E-state index contributed by atoms with van der Waals surface area (Å²) in [7, 11) is 0. The molecule has 0 amide bonds. The lowest BCUT2D eigenvalue weighted by atomic mass is 10.2. The molecule has 0 aliphatic carbocycles. The normalized spacial score (nSPS) is 13.3. The maximum atomic E-state index is 5.56. The number of hydrogen-bond acceptors (Lipinski definition) is 3. The summed E-state index contributed by atoms with van der Waals surface area (Å²) in [5.41, 5.74) is 5.56. The molecular weight excluding hydrogens is 152 g/mol. The van der Waals surface area contributed by atoms with Crippen molar-refractivity contribution < 1.29 is 0 Å². The molecule has 0 fully saturated rings. The number of aryl methyl sites for hydroxylation is 1. The Bertz CT molecular complexity index is 254. The molecule has 2 N–H and O–H groups in total. The molecule has 0 radical (unpaired) electrons. The van der Waals surface area contributed by atoms with Crippen LogP contribution in [-0.4, -0.2) is 21.3 Å². The molecule has 1 unspecified atom stereocenters. The summed E-state index contributed by atoms with van der Waals surface area (Å²) in [6.45, 7) is 7.65. The maximum absolute atomic E-state index is 5.56. The Labute approximate surface area is 72.8 Å². The number of aromatic nitrogens is 3. The molecule has 0 saturated heterocycles. The van der Waals surface area contributed by atoms with Gasteiger partial charge in [-0.05, 0) is 13.8 Å². The number of rotatable bonds is 3. The highest BCUT2D eigenvalue weighted by Crippen LogP contribution is 2.11. The highest BCUT2D eigenvalue weighted by Gasteiger charge is 2.12. The lowest BCUT2D eigenvalue weighted by Gasteiger charge is -2.09. The van der Waals surface area contributed by atoms with Gasteiger partial charge in [0, 0.05) is 19.0 Å². The van der Waals surface area contributed by atoms with Crippen LogP contribution in [0.2, 0.25) is 0 Å². The third-order valence-corrected chi connectivity index (χ3v) is 2.07. The van der Waals surface area contributed by atoms with E-state index in [1.165, 1.54) is 0 Å². The zero-order valence-electron chi connectivity index (χ0n) is 7.91. The van der Waals surface area contributed by atoms with Crippen molar-refractivity contribution in [3.05, 3.63) is 11.6 Å². The molecule has 4 heteroatoms. The topological polar surface area (TPSA) is 56.7 Å². The molecule has 0 spiro atoms. The molecule has 0 saturated carbocycles. The van der Waals surface area contributed by atoms with E-state index >= 15 is 0 Å². The Hall–Kier alpha value is -0.900. The third kappa shape index (κ3) is 1.48. The van der Waals surface area contributed by atoms with E-state index in [0.717, 1.165) is 18.2 Å². The SMILES string of the molecule is CCn1c(C)nnc1C(C)CN. The molecule has 0 aliphatic heterocycles. The maximum Gasteiger partial charge on any atom is 0.137 e. The van der Waals surface area contributed by atoms with Crippen LogP contribution in [0, 0.1) is 6.92 Å². The van der Waals surface area contributed by atoms with E-state index in [9.17, 15) is 0 Å². The van der Waals surface area contributed by atoms with Gasteiger partial charge in [-0.25, -0.2) is 0 Å². The monoisotopic (exact) mass is 168 g/mol. The minimum atomic E-state index is 0.297. The van der Waals surface area contributed by atoms with Gasteiger partial charge in [-0.15, -0.1) is 10.2 Å². The van der Waals surface area contributed by atoms with Crippen molar-refractivity contribution in [1.29, 1.82) is 0 Å². The van der Waals surface area contributed by atoms with Crippen LogP contribution in [-0.2, 0) is 6.54 Å². The Balaban J connectivity index is 2.98. The fourth-order valence-corrected chi connectivity index (χ4v) is 1.26. The summed E-state index contributed by atoms with van der Waals surface area (Å²) >= 11 is 0. The van der Waals surface area contributed by atoms with Gasteiger partial charge < -0.3 is 10.3 Å². The van der Waals surface area contributed by atoms with Crippen LogP contribution >= 0.6 is 0 Å². The quantitative estimate of drug-likeness (QED) is 0.721. The zero-order chi connectivity index (χ0) is 9.14. The molecule has 0 aromatic carbocycles. The van der Waals surface area contributed by atoms with Crippen LogP contribution in [0.15, 0.2) is 0 Å². The van der Waals surface area contributed by atoms with Gasteiger partial charge in [0.25, 0.3) is 0 Å². The third-order valence-electron chi connectivity index (χ3n) is 2.07. The standard InChI is InChI=1S/C8H16N4/c1-4-12-7(3)10-11-8(12)6(2)5-9/h6H,4-5,9H2,1-3H3. The largest absolute Gasteiger partial charge is 0.330 e. The number of hydrogen-bond donors (Lipinski definition) is 1. The van der Waals surface area contributed by atoms with Gasteiger partial charge in [-0.2, -0.15) is 0 Å². The zero-order valence-corrected chi connectivity index (χ0v) is 7.91. The van der Waals surface area contributed by atoms with Gasteiger partial charge in [-0.1, -0.05) is 6.92 Å². The van der Waals surface area contributed by atoms with E-state index < -0.39 is 0 Å². The number of nitrogens with zero attached hydrogens (tertiary/aromatic N) is 3. The second-order valence-corrected chi connectivity index (χ2v) is 2.99. The van der Waals surface area contributed by atoms with Crippen LogP contribution in [0.4, 0.5) is 0 Å². The van der Waals surface area contributed by atoms with E-state index in [1.54, 1.807) is 0 Å². The van der Waals surface area contributed by atoms with Crippen LogP contribution in [0.25, 0.3) is 0 Å². The van der Waals surface area contributed by atoms with E-state index in [2.05, 4.69) is 28.6 Å². The van der Waals surface area contributed by atoms with Crippen molar-refractivity contribution in [3.63, 3.8) is 0 Å². The van der Waals surface area contributed by atoms with E-state index in [4.69, 9.17) is 5.73 Å². The first-order chi connectivity index (χ1) is 5.70. The molecule has 12 heavy (non-hydrogen) atoms. The smallest absolute Gasteiger partial charge is 0.137 e. The van der Waals surface area contributed by atoms with Crippen molar-refractivity contribution >= 4 is 0 Å². The van der Waals surface area contributed by atoms with Crippen LogP contribution < -0.4 is 5.73 Å². The predicted molar refractivity (Wildman–Crippen MR) is 47.9 cm³/mol. The van der Waals surface area contributed by atoms with Crippen LogP contribution in [0.3, 0.4) is 0 Å².